The van der Waals surface area contributed by atoms with Gasteiger partial charge in [0.05, 0.1) is 16.2 Å². The van der Waals surface area contributed by atoms with Crippen molar-refractivity contribution in [2.45, 2.75) is 19.4 Å². The normalized spacial score (nSPS) is 17.2. The summed E-state index contributed by atoms with van der Waals surface area (Å²) in [5.74, 6) is -0.643. The van der Waals surface area contributed by atoms with Crippen LogP contribution in [0.5, 0.6) is 0 Å². The van der Waals surface area contributed by atoms with Gasteiger partial charge in [0.15, 0.2) is 0 Å². The van der Waals surface area contributed by atoms with Crippen molar-refractivity contribution in [1.82, 2.24) is 9.80 Å². The molecule has 1 aromatic carbocycles. The quantitative estimate of drug-likeness (QED) is 0.718. The van der Waals surface area contributed by atoms with Crippen LogP contribution in [0.2, 0.25) is 0 Å². The number of nitrogens with zero attached hydrogens (tertiary/aromatic N) is 2. The summed E-state index contributed by atoms with van der Waals surface area (Å²) < 4.78 is 14.1. The van der Waals surface area contributed by atoms with Crippen molar-refractivity contribution in [3.05, 3.63) is 56.4 Å². The van der Waals surface area contributed by atoms with Crippen LogP contribution in [-0.4, -0.2) is 41.8 Å². The van der Waals surface area contributed by atoms with Gasteiger partial charge in [-0.15, -0.1) is 11.3 Å². The number of amides is 2. The van der Waals surface area contributed by atoms with E-state index in [1.165, 1.54) is 24.3 Å². The summed E-state index contributed by atoms with van der Waals surface area (Å²) in [6, 6.07) is 9.53. The van der Waals surface area contributed by atoms with E-state index >= 15 is 0 Å². The average molecular weight is 439 g/mol. The zero-order chi connectivity index (χ0) is 18.7. The van der Waals surface area contributed by atoms with Gasteiger partial charge in [0.2, 0.25) is 5.91 Å². The highest BCUT2D eigenvalue weighted by atomic mass is 79.9. The second kappa shape index (κ2) is 8.31. The lowest BCUT2D eigenvalue weighted by Crippen LogP contribution is -2.45. The average Bonchev–Trinajstić information content (AvgIpc) is 3.06. The van der Waals surface area contributed by atoms with Crippen LogP contribution in [0.1, 0.15) is 28.1 Å². The first-order valence-electron chi connectivity index (χ1n) is 8.48. The highest BCUT2D eigenvalue weighted by Gasteiger charge is 2.30. The number of carbonyl (C=O) groups is 2. The molecule has 3 rings (SSSR count). The van der Waals surface area contributed by atoms with E-state index in [2.05, 4.69) is 15.9 Å². The molecular formula is C19H20BrFN2O2S. The summed E-state index contributed by atoms with van der Waals surface area (Å²) in [6.07, 6.45) is 1.58. The van der Waals surface area contributed by atoms with E-state index in [4.69, 9.17) is 0 Å². The van der Waals surface area contributed by atoms with Crippen molar-refractivity contribution >= 4 is 39.1 Å². The Kier molecular flexibility index (Phi) is 6.09. The Bertz CT molecular complexity index is 793. The Morgan fingerprint density at radius 3 is 2.65 bits per heavy atom. The molecule has 0 aliphatic carbocycles. The molecule has 2 amide bonds. The summed E-state index contributed by atoms with van der Waals surface area (Å²) in [5, 5.41) is 0. The molecule has 4 nitrogen and oxygen atoms in total. The van der Waals surface area contributed by atoms with Gasteiger partial charge in [0.1, 0.15) is 5.82 Å². The minimum absolute atomic E-state index is 0.0612. The maximum Gasteiger partial charge on any atom is 0.253 e. The molecule has 0 radical (unpaired) electrons. The van der Waals surface area contributed by atoms with Crippen LogP contribution < -0.4 is 0 Å². The number of likely N-dealkylation sites (tertiary alicyclic amines) is 1. The molecular weight excluding hydrogens is 419 g/mol. The molecule has 1 fully saturated rings. The zero-order valence-corrected chi connectivity index (χ0v) is 16.9. The van der Waals surface area contributed by atoms with E-state index < -0.39 is 0 Å². The van der Waals surface area contributed by atoms with Gasteiger partial charge in [-0.2, -0.15) is 0 Å². The minimum atomic E-state index is -0.366. The number of carbonyl (C=O) groups excluding carboxylic acids is 2. The van der Waals surface area contributed by atoms with Crippen LogP contribution in [0.4, 0.5) is 4.39 Å². The first kappa shape index (κ1) is 19.0. The van der Waals surface area contributed by atoms with E-state index in [9.17, 15) is 14.0 Å². The molecule has 0 bridgehead atoms. The monoisotopic (exact) mass is 438 g/mol. The van der Waals surface area contributed by atoms with E-state index in [1.54, 1.807) is 28.2 Å². The van der Waals surface area contributed by atoms with E-state index in [0.717, 1.165) is 21.5 Å². The van der Waals surface area contributed by atoms with Crippen molar-refractivity contribution in [1.29, 1.82) is 0 Å². The molecule has 0 N–H and O–H groups in total. The van der Waals surface area contributed by atoms with Crippen molar-refractivity contribution in [2.24, 2.45) is 5.92 Å². The molecule has 1 aliphatic heterocycles. The summed E-state index contributed by atoms with van der Waals surface area (Å²) in [5.41, 5.74) is 0.455. The fourth-order valence-electron chi connectivity index (χ4n) is 3.20. The standard InChI is InChI=1S/C19H20BrFN2O2S/c1-22(12-16-8-9-17(20)26-16)18(24)14-3-2-10-23(11-14)19(25)13-4-6-15(21)7-5-13/h4-9,14H,2-3,10-12H2,1H3. The first-order chi connectivity index (χ1) is 12.4. The van der Waals surface area contributed by atoms with E-state index in [1.807, 2.05) is 12.1 Å². The van der Waals surface area contributed by atoms with Crippen LogP contribution >= 0.6 is 27.3 Å². The van der Waals surface area contributed by atoms with Gasteiger partial charge in [-0.3, -0.25) is 9.59 Å². The minimum Gasteiger partial charge on any atom is -0.340 e. The van der Waals surface area contributed by atoms with Gasteiger partial charge < -0.3 is 9.80 Å². The number of piperidine rings is 1. The van der Waals surface area contributed by atoms with E-state index in [0.29, 0.717) is 25.2 Å². The first-order valence-corrected chi connectivity index (χ1v) is 10.1. The Morgan fingerprint density at radius 1 is 1.27 bits per heavy atom. The third-order valence-corrected chi connectivity index (χ3v) is 6.16. The Labute approximate surface area is 164 Å². The Balaban J connectivity index is 1.62. The molecule has 7 heteroatoms. The van der Waals surface area contributed by atoms with Gasteiger partial charge in [-0.05, 0) is 65.2 Å². The maximum atomic E-state index is 13.1. The van der Waals surface area contributed by atoms with Crippen molar-refractivity contribution in [3.63, 3.8) is 0 Å². The van der Waals surface area contributed by atoms with Gasteiger partial charge in [0, 0.05) is 30.6 Å². The summed E-state index contributed by atoms with van der Waals surface area (Å²) in [4.78, 5) is 30.0. The van der Waals surface area contributed by atoms with Gasteiger partial charge in [-0.25, -0.2) is 4.39 Å². The number of benzene rings is 1. The van der Waals surface area contributed by atoms with E-state index in [-0.39, 0.29) is 23.5 Å². The number of halogens is 2. The molecule has 26 heavy (non-hydrogen) atoms. The predicted molar refractivity (Wildman–Crippen MR) is 104 cm³/mol. The highest BCUT2D eigenvalue weighted by Crippen LogP contribution is 2.25. The van der Waals surface area contributed by atoms with Crippen LogP contribution in [0, 0.1) is 11.7 Å². The van der Waals surface area contributed by atoms with Gasteiger partial charge in [0.25, 0.3) is 5.91 Å². The molecule has 1 atom stereocenters. The van der Waals surface area contributed by atoms with Crippen molar-refractivity contribution in [2.75, 3.05) is 20.1 Å². The smallest absolute Gasteiger partial charge is 0.253 e. The topological polar surface area (TPSA) is 40.6 Å². The number of rotatable bonds is 4. The third-order valence-electron chi connectivity index (χ3n) is 4.55. The molecule has 1 aromatic heterocycles. The lowest BCUT2D eigenvalue weighted by molar-refractivity contribution is -0.136. The molecule has 1 aliphatic rings. The Hall–Kier alpha value is -1.73. The summed E-state index contributed by atoms with van der Waals surface area (Å²) in [7, 11) is 1.80. The number of hydrogen-bond acceptors (Lipinski definition) is 3. The highest BCUT2D eigenvalue weighted by molar-refractivity contribution is 9.11. The molecule has 2 aromatic rings. The van der Waals surface area contributed by atoms with Gasteiger partial charge >= 0.3 is 0 Å². The number of hydrogen-bond donors (Lipinski definition) is 0. The summed E-state index contributed by atoms with van der Waals surface area (Å²) >= 11 is 5.05. The maximum absolute atomic E-state index is 13.1. The lowest BCUT2D eigenvalue weighted by atomic mass is 9.96. The third kappa shape index (κ3) is 4.51. The molecule has 0 saturated carbocycles. The summed E-state index contributed by atoms with van der Waals surface area (Å²) in [6.45, 7) is 1.60. The van der Waals surface area contributed by atoms with Gasteiger partial charge in [-0.1, -0.05) is 0 Å². The predicted octanol–water partition coefficient (Wildman–Crippen LogP) is 4.16. The van der Waals surface area contributed by atoms with Crippen LogP contribution in [0.3, 0.4) is 0 Å². The second-order valence-electron chi connectivity index (χ2n) is 6.50. The molecule has 138 valence electrons. The largest absolute Gasteiger partial charge is 0.340 e. The molecule has 0 spiro atoms. The zero-order valence-electron chi connectivity index (χ0n) is 14.5. The van der Waals surface area contributed by atoms with Crippen LogP contribution in [0.15, 0.2) is 40.2 Å². The molecule has 1 unspecified atom stereocenters. The molecule has 1 saturated heterocycles. The van der Waals surface area contributed by atoms with Crippen LogP contribution in [-0.2, 0) is 11.3 Å². The fraction of sp³-hybridized carbons (Fsp3) is 0.368. The lowest BCUT2D eigenvalue weighted by Gasteiger charge is -2.34. The molecule has 2 heterocycles. The van der Waals surface area contributed by atoms with Crippen molar-refractivity contribution < 1.29 is 14.0 Å². The van der Waals surface area contributed by atoms with Crippen LogP contribution in [0.25, 0.3) is 0 Å². The van der Waals surface area contributed by atoms with Crippen molar-refractivity contribution in [3.8, 4) is 0 Å². The Morgan fingerprint density at radius 2 is 2.00 bits per heavy atom. The second-order valence-corrected chi connectivity index (χ2v) is 9.04. The SMILES string of the molecule is CN(Cc1ccc(Br)s1)C(=O)C1CCCN(C(=O)c2ccc(F)cc2)C1. The fourth-order valence-corrected chi connectivity index (χ4v) is 4.74. The number of thiophene rings is 1.